The minimum absolute atomic E-state index is 0.549. The highest BCUT2D eigenvalue weighted by molar-refractivity contribution is 5.14. The van der Waals surface area contributed by atoms with Crippen LogP contribution in [0.25, 0.3) is 0 Å². The Morgan fingerprint density at radius 1 is 1.25 bits per heavy atom. The summed E-state index contributed by atoms with van der Waals surface area (Å²) in [6.07, 6.45) is 4.06. The molecule has 0 aromatic heterocycles. The maximum absolute atomic E-state index is 2.61. The monoisotopic (exact) mass is 217 g/mol. The summed E-state index contributed by atoms with van der Waals surface area (Å²) in [7, 11) is 0. The second-order valence-electron chi connectivity index (χ2n) is 5.46. The van der Waals surface area contributed by atoms with Gasteiger partial charge in [0.1, 0.15) is 0 Å². The molecule has 1 aromatic carbocycles. The van der Waals surface area contributed by atoms with E-state index in [4.69, 9.17) is 0 Å². The van der Waals surface area contributed by atoms with Crippen LogP contribution in [0.3, 0.4) is 0 Å². The third-order valence-corrected chi connectivity index (χ3v) is 3.96. The van der Waals surface area contributed by atoms with Gasteiger partial charge in [-0.05, 0) is 36.8 Å². The summed E-state index contributed by atoms with van der Waals surface area (Å²) in [6, 6.07) is 10.8. The lowest BCUT2D eigenvalue weighted by Gasteiger charge is -2.40. The first-order chi connectivity index (χ1) is 7.72. The lowest BCUT2D eigenvalue weighted by molar-refractivity contribution is 0.0937. The Morgan fingerprint density at radius 2 is 2.00 bits per heavy atom. The molecule has 0 radical (unpaired) electrons. The van der Waals surface area contributed by atoms with Crippen LogP contribution in [0.5, 0.6) is 0 Å². The number of rotatable bonds is 3. The molecular formula is C15H23N. The molecule has 2 rings (SSSR count). The fourth-order valence-corrected chi connectivity index (χ4v) is 2.69. The normalized spacial score (nSPS) is 26.9. The first-order valence-electron chi connectivity index (χ1n) is 6.48. The minimum Gasteiger partial charge on any atom is -0.299 e. The Morgan fingerprint density at radius 3 is 2.69 bits per heavy atom. The fourth-order valence-electron chi connectivity index (χ4n) is 2.69. The zero-order valence-electron chi connectivity index (χ0n) is 10.6. The summed E-state index contributed by atoms with van der Waals surface area (Å²) < 4.78 is 0. The maximum Gasteiger partial charge on any atom is 0.0233 e. The molecule has 16 heavy (non-hydrogen) atoms. The number of likely N-dealkylation sites (tertiary alicyclic amines) is 1. The molecule has 0 unspecified atom stereocenters. The summed E-state index contributed by atoms with van der Waals surface area (Å²) in [6.45, 7) is 8.41. The van der Waals surface area contributed by atoms with Gasteiger partial charge in [-0.3, -0.25) is 4.90 Å². The highest BCUT2D eigenvalue weighted by atomic mass is 15.1. The molecule has 0 N–H and O–H groups in total. The largest absolute Gasteiger partial charge is 0.299 e. The molecule has 0 aliphatic carbocycles. The second kappa shape index (κ2) is 5.01. The molecule has 0 bridgehead atoms. The number of nitrogens with zero attached hydrogens (tertiary/aromatic N) is 1. The van der Waals surface area contributed by atoms with E-state index in [0.717, 1.165) is 6.54 Å². The van der Waals surface area contributed by atoms with Gasteiger partial charge in [0.15, 0.2) is 0 Å². The first kappa shape index (κ1) is 11.7. The van der Waals surface area contributed by atoms with Crippen LogP contribution in [-0.2, 0) is 6.54 Å². The Kier molecular flexibility index (Phi) is 3.65. The van der Waals surface area contributed by atoms with Gasteiger partial charge in [0.25, 0.3) is 0 Å². The fraction of sp³-hybridized carbons (Fsp3) is 0.600. The lowest BCUT2D eigenvalue weighted by atomic mass is 9.79. The van der Waals surface area contributed by atoms with Gasteiger partial charge in [-0.1, -0.05) is 44.2 Å². The van der Waals surface area contributed by atoms with E-state index in [1.54, 1.807) is 0 Å². The van der Waals surface area contributed by atoms with Crippen molar-refractivity contribution in [3.63, 3.8) is 0 Å². The third kappa shape index (κ3) is 2.85. The predicted octanol–water partition coefficient (Wildman–Crippen LogP) is 3.70. The van der Waals surface area contributed by atoms with Crippen molar-refractivity contribution in [2.24, 2.45) is 5.41 Å². The van der Waals surface area contributed by atoms with E-state index in [2.05, 4.69) is 49.1 Å². The SMILES string of the molecule is CC[C@@]1(C)CCCN(Cc2ccccc2)C1. The Labute approximate surface area is 99.5 Å². The van der Waals surface area contributed by atoms with Gasteiger partial charge in [-0.2, -0.15) is 0 Å². The average Bonchev–Trinajstić information content (AvgIpc) is 2.30. The van der Waals surface area contributed by atoms with Gasteiger partial charge in [0.2, 0.25) is 0 Å². The molecule has 0 spiro atoms. The standard InChI is InChI=1S/C15H23N/c1-3-15(2)10-7-11-16(13-15)12-14-8-5-4-6-9-14/h4-6,8-9H,3,7,10-13H2,1-2H3/t15-/m0/s1. The molecule has 1 aliphatic heterocycles. The summed E-state index contributed by atoms with van der Waals surface area (Å²) in [5, 5.41) is 0. The van der Waals surface area contributed by atoms with E-state index in [-0.39, 0.29) is 0 Å². The van der Waals surface area contributed by atoms with Crippen LogP contribution in [0, 0.1) is 5.41 Å². The van der Waals surface area contributed by atoms with E-state index >= 15 is 0 Å². The minimum atomic E-state index is 0.549. The van der Waals surface area contributed by atoms with Crippen molar-refractivity contribution >= 4 is 0 Å². The molecular weight excluding hydrogens is 194 g/mol. The van der Waals surface area contributed by atoms with Crippen LogP contribution >= 0.6 is 0 Å². The maximum atomic E-state index is 2.61. The predicted molar refractivity (Wildman–Crippen MR) is 69.4 cm³/mol. The van der Waals surface area contributed by atoms with Crippen molar-refractivity contribution in [2.45, 2.75) is 39.7 Å². The van der Waals surface area contributed by atoms with Crippen LogP contribution in [0.15, 0.2) is 30.3 Å². The number of hydrogen-bond donors (Lipinski definition) is 0. The van der Waals surface area contributed by atoms with Crippen LogP contribution in [0.4, 0.5) is 0 Å². The first-order valence-corrected chi connectivity index (χ1v) is 6.48. The Balaban J connectivity index is 1.96. The van der Waals surface area contributed by atoms with Gasteiger partial charge in [-0.15, -0.1) is 0 Å². The molecule has 1 nitrogen and oxygen atoms in total. The molecule has 0 amide bonds. The zero-order valence-corrected chi connectivity index (χ0v) is 10.6. The Bertz CT molecular complexity index is 319. The van der Waals surface area contributed by atoms with Crippen molar-refractivity contribution < 1.29 is 0 Å². The number of benzene rings is 1. The van der Waals surface area contributed by atoms with E-state index in [1.807, 2.05) is 0 Å². The highest BCUT2D eigenvalue weighted by Gasteiger charge is 2.28. The van der Waals surface area contributed by atoms with Crippen LogP contribution in [-0.4, -0.2) is 18.0 Å². The van der Waals surface area contributed by atoms with Crippen LogP contribution in [0.2, 0.25) is 0 Å². The molecule has 1 atom stereocenters. The van der Waals surface area contributed by atoms with Crippen molar-refractivity contribution in [3.05, 3.63) is 35.9 Å². The summed E-state index contributed by atoms with van der Waals surface area (Å²) in [5.41, 5.74) is 2.00. The molecule has 1 aromatic rings. The van der Waals surface area contributed by atoms with Crippen LogP contribution in [0.1, 0.15) is 38.7 Å². The molecule has 1 heteroatoms. The molecule has 0 saturated carbocycles. The van der Waals surface area contributed by atoms with Gasteiger partial charge in [0.05, 0.1) is 0 Å². The van der Waals surface area contributed by atoms with E-state index in [1.165, 1.54) is 37.9 Å². The summed E-state index contributed by atoms with van der Waals surface area (Å²) >= 11 is 0. The molecule has 88 valence electrons. The number of piperidine rings is 1. The van der Waals surface area contributed by atoms with Crippen LogP contribution < -0.4 is 0 Å². The third-order valence-electron chi connectivity index (χ3n) is 3.96. The zero-order chi connectivity index (χ0) is 11.4. The van der Waals surface area contributed by atoms with E-state index in [9.17, 15) is 0 Å². The molecule has 1 heterocycles. The molecule has 1 fully saturated rings. The van der Waals surface area contributed by atoms with Crippen molar-refractivity contribution in [1.29, 1.82) is 0 Å². The quantitative estimate of drug-likeness (QED) is 0.746. The summed E-state index contributed by atoms with van der Waals surface area (Å²) in [4.78, 5) is 2.61. The van der Waals surface area contributed by atoms with Gasteiger partial charge in [-0.25, -0.2) is 0 Å². The van der Waals surface area contributed by atoms with E-state index in [0.29, 0.717) is 5.41 Å². The van der Waals surface area contributed by atoms with Gasteiger partial charge < -0.3 is 0 Å². The summed E-state index contributed by atoms with van der Waals surface area (Å²) in [5.74, 6) is 0. The van der Waals surface area contributed by atoms with Gasteiger partial charge in [0, 0.05) is 13.1 Å². The number of hydrogen-bond acceptors (Lipinski definition) is 1. The average molecular weight is 217 g/mol. The highest BCUT2D eigenvalue weighted by Crippen LogP contribution is 2.32. The smallest absolute Gasteiger partial charge is 0.0233 e. The lowest BCUT2D eigenvalue weighted by Crippen LogP contribution is -2.40. The molecule has 1 saturated heterocycles. The van der Waals surface area contributed by atoms with Crippen molar-refractivity contribution in [1.82, 2.24) is 4.90 Å². The van der Waals surface area contributed by atoms with Gasteiger partial charge >= 0.3 is 0 Å². The molecule has 1 aliphatic rings. The van der Waals surface area contributed by atoms with E-state index < -0.39 is 0 Å². The second-order valence-corrected chi connectivity index (χ2v) is 5.46. The Hall–Kier alpha value is -0.820. The van der Waals surface area contributed by atoms with Crippen molar-refractivity contribution in [3.8, 4) is 0 Å². The topological polar surface area (TPSA) is 3.24 Å². The van der Waals surface area contributed by atoms with Crippen molar-refractivity contribution in [2.75, 3.05) is 13.1 Å².